The highest BCUT2D eigenvalue weighted by atomic mass is 15.0. The number of hydrogen-bond acceptors (Lipinski definition) is 2. The van der Waals surface area contributed by atoms with Gasteiger partial charge in [-0.05, 0) is 44.7 Å². The summed E-state index contributed by atoms with van der Waals surface area (Å²) in [7, 11) is 0. The van der Waals surface area contributed by atoms with Gasteiger partial charge in [-0.1, -0.05) is 0 Å². The highest BCUT2D eigenvalue weighted by Gasteiger charge is 2.45. The predicted molar refractivity (Wildman–Crippen MR) is 41.7 cm³/mol. The molecule has 2 fully saturated rings. The maximum absolute atomic E-state index is 5.62. The Hall–Kier alpha value is -0.0800. The molecule has 0 bridgehead atoms. The van der Waals surface area contributed by atoms with E-state index in [1.165, 1.54) is 32.2 Å². The van der Waals surface area contributed by atoms with Crippen molar-refractivity contribution in [3.8, 4) is 0 Å². The molecule has 1 unspecified atom stereocenters. The summed E-state index contributed by atoms with van der Waals surface area (Å²) in [6.45, 7) is 2.09. The highest BCUT2D eigenvalue weighted by molar-refractivity contribution is 5.05. The minimum absolute atomic E-state index is 0.572. The van der Waals surface area contributed by atoms with Crippen molar-refractivity contribution in [2.45, 2.75) is 31.2 Å². The van der Waals surface area contributed by atoms with Crippen LogP contribution in [0.15, 0.2) is 0 Å². The molecular weight excluding hydrogens is 124 g/mol. The second-order valence-electron chi connectivity index (χ2n) is 3.80. The molecule has 0 aromatic heterocycles. The summed E-state index contributed by atoms with van der Waals surface area (Å²) in [6, 6.07) is 0. The second kappa shape index (κ2) is 2.21. The first-order valence-corrected chi connectivity index (χ1v) is 4.30. The maximum atomic E-state index is 5.62. The zero-order chi connectivity index (χ0) is 7.03. The van der Waals surface area contributed by atoms with E-state index in [-0.39, 0.29) is 0 Å². The average Bonchev–Trinajstić information content (AvgIpc) is 2.70. The Labute approximate surface area is 62.2 Å². The molecule has 58 valence electrons. The second-order valence-corrected chi connectivity index (χ2v) is 3.80. The van der Waals surface area contributed by atoms with Crippen LogP contribution in [0.1, 0.15) is 25.7 Å². The molecule has 2 nitrogen and oxygen atoms in total. The van der Waals surface area contributed by atoms with Gasteiger partial charge in [0.25, 0.3) is 0 Å². The molecule has 1 aliphatic heterocycles. The first kappa shape index (κ1) is 6.62. The van der Waals surface area contributed by atoms with Crippen LogP contribution in [0.25, 0.3) is 0 Å². The standard InChI is InChI=1S/C8H16N2/c9-6-7-1-4-10-8(5-7)2-3-8/h7,10H,1-6,9H2. The van der Waals surface area contributed by atoms with Crippen LogP contribution in [0.5, 0.6) is 0 Å². The van der Waals surface area contributed by atoms with Crippen molar-refractivity contribution in [1.29, 1.82) is 0 Å². The molecule has 0 aromatic rings. The molecule has 2 aliphatic rings. The number of piperidine rings is 1. The van der Waals surface area contributed by atoms with Gasteiger partial charge in [-0.3, -0.25) is 0 Å². The van der Waals surface area contributed by atoms with Gasteiger partial charge in [-0.15, -0.1) is 0 Å². The minimum Gasteiger partial charge on any atom is -0.330 e. The summed E-state index contributed by atoms with van der Waals surface area (Å²) in [6.07, 6.45) is 5.41. The van der Waals surface area contributed by atoms with Gasteiger partial charge in [-0.25, -0.2) is 0 Å². The summed E-state index contributed by atoms with van der Waals surface area (Å²) < 4.78 is 0. The quantitative estimate of drug-likeness (QED) is 0.556. The fourth-order valence-corrected chi connectivity index (χ4v) is 2.00. The SMILES string of the molecule is NCC1CCNC2(CC2)C1. The van der Waals surface area contributed by atoms with Crippen LogP contribution in [0.2, 0.25) is 0 Å². The van der Waals surface area contributed by atoms with Crippen LogP contribution in [0.4, 0.5) is 0 Å². The summed E-state index contributed by atoms with van der Waals surface area (Å²) >= 11 is 0. The Morgan fingerprint density at radius 3 is 2.90 bits per heavy atom. The monoisotopic (exact) mass is 140 g/mol. The lowest BCUT2D eigenvalue weighted by atomic mass is 9.91. The maximum Gasteiger partial charge on any atom is 0.0186 e. The third kappa shape index (κ3) is 1.06. The van der Waals surface area contributed by atoms with Gasteiger partial charge in [-0.2, -0.15) is 0 Å². The largest absolute Gasteiger partial charge is 0.330 e. The van der Waals surface area contributed by atoms with Gasteiger partial charge in [0.1, 0.15) is 0 Å². The molecule has 0 amide bonds. The van der Waals surface area contributed by atoms with Crippen molar-refractivity contribution >= 4 is 0 Å². The fourth-order valence-electron chi connectivity index (χ4n) is 2.00. The zero-order valence-corrected chi connectivity index (χ0v) is 6.40. The lowest BCUT2D eigenvalue weighted by Crippen LogP contribution is -2.41. The predicted octanol–water partition coefficient (Wildman–Crippen LogP) is 0.477. The van der Waals surface area contributed by atoms with Crippen LogP contribution >= 0.6 is 0 Å². The van der Waals surface area contributed by atoms with E-state index in [1.54, 1.807) is 0 Å². The summed E-state index contributed by atoms with van der Waals surface area (Å²) in [5.41, 5.74) is 6.20. The Kier molecular flexibility index (Phi) is 1.46. The van der Waals surface area contributed by atoms with Crippen molar-refractivity contribution in [3.05, 3.63) is 0 Å². The number of nitrogens with two attached hydrogens (primary N) is 1. The molecule has 2 heteroatoms. The van der Waals surface area contributed by atoms with Crippen LogP contribution in [0, 0.1) is 5.92 Å². The van der Waals surface area contributed by atoms with Crippen molar-refractivity contribution in [2.75, 3.05) is 13.1 Å². The third-order valence-electron chi connectivity index (χ3n) is 2.92. The van der Waals surface area contributed by atoms with E-state index in [1.807, 2.05) is 0 Å². The molecule has 1 saturated carbocycles. The van der Waals surface area contributed by atoms with E-state index in [0.717, 1.165) is 12.5 Å². The van der Waals surface area contributed by atoms with E-state index < -0.39 is 0 Å². The van der Waals surface area contributed by atoms with Crippen LogP contribution in [-0.2, 0) is 0 Å². The topological polar surface area (TPSA) is 38.0 Å². The molecule has 1 aliphatic carbocycles. The Morgan fingerprint density at radius 2 is 2.30 bits per heavy atom. The van der Waals surface area contributed by atoms with Crippen LogP contribution in [0.3, 0.4) is 0 Å². The Morgan fingerprint density at radius 1 is 1.50 bits per heavy atom. The molecular formula is C8H16N2. The van der Waals surface area contributed by atoms with Crippen molar-refractivity contribution < 1.29 is 0 Å². The molecule has 1 spiro atoms. The van der Waals surface area contributed by atoms with E-state index >= 15 is 0 Å². The highest BCUT2D eigenvalue weighted by Crippen LogP contribution is 2.43. The fraction of sp³-hybridized carbons (Fsp3) is 1.00. The van der Waals surface area contributed by atoms with Gasteiger partial charge in [0.15, 0.2) is 0 Å². The average molecular weight is 140 g/mol. The summed E-state index contributed by atoms with van der Waals surface area (Å²) in [4.78, 5) is 0. The summed E-state index contributed by atoms with van der Waals surface area (Å²) in [5, 5.41) is 3.58. The number of hydrogen-bond donors (Lipinski definition) is 2. The van der Waals surface area contributed by atoms with Crippen LogP contribution in [-0.4, -0.2) is 18.6 Å². The van der Waals surface area contributed by atoms with Crippen LogP contribution < -0.4 is 11.1 Å². The lowest BCUT2D eigenvalue weighted by Gasteiger charge is -2.29. The van der Waals surface area contributed by atoms with E-state index in [0.29, 0.717) is 5.54 Å². The molecule has 2 rings (SSSR count). The molecule has 0 aromatic carbocycles. The lowest BCUT2D eigenvalue weighted by molar-refractivity contribution is 0.292. The first-order chi connectivity index (χ1) is 4.85. The van der Waals surface area contributed by atoms with E-state index in [2.05, 4.69) is 5.32 Å². The van der Waals surface area contributed by atoms with Crippen molar-refractivity contribution in [2.24, 2.45) is 11.7 Å². The van der Waals surface area contributed by atoms with Gasteiger partial charge >= 0.3 is 0 Å². The van der Waals surface area contributed by atoms with E-state index in [4.69, 9.17) is 5.73 Å². The third-order valence-corrected chi connectivity index (χ3v) is 2.92. The Bertz CT molecular complexity index is 129. The number of nitrogens with one attached hydrogen (secondary N) is 1. The Balaban J connectivity index is 1.91. The first-order valence-electron chi connectivity index (χ1n) is 4.30. The molecule has 1 saturated heterocycles. The van der Waals surface area contributed by atoms with Gasteiger partial charge in [0.2, 0.25) is 0 Å². The molecule has 1 heterocycles. The molecule has 0 radical (unpaired) electrons. The number of rotatable bonds is 1. The minimum atomic E-state index is 0.572. The van der Waals surface area contributed by atoms with Crippen molar-refractivity contribution in [1.82, 2.24) is 5.32 Å². The van der Waals surface area contributed by atoms with Gasteiger partial charge in [0.05, 0.1) is 0 Å². The molecule has 3 N–H and O–H groups in total. The van der Waals surface area contributed by atoms with Gasteiger partial charge in [0, 0.05) is 5.54 Å². The molecule has 10 heavy (non-hydrogen) atoms. The van der Waals surface area contributed by atoms with Crippen molar-refractivity contribution in [3.63, 3.8) is 0 Å². The summed E-state index contributed by atoms with van der Waals surface area (Å²) in [5.74, 6) is 0.809. The zero-order valence-electron chi connectivity index (χ0n) is 6.40. The normalized spacial score (nSPS) is 36.3. The van der Waals surface area contributed by atoms with E-state index in [9.17, 15) is 0 Å². The smallest absolute Gasteiger partial charge is 0.0186 e. The molecule has 1 atom stereocenters. The van der Waals surface area contributed by atoms with Gasteiger partial charge < -0.3 is 11.1 Å².